The van der Waals surface area contributed by atoms with Gasteiger partial charge in [-0.1, -0.05) is 146 Å². The third-order valence-electron chi connectivity index (χ3n) is 15.1. The molecule has 15 rings (SSSR count). The second kappa shape index (κ2) is 17.0. The Morgan fingerprint density at radius 2 is 0.568 bits per heavy atom. The highest BCUT2D eigenvalue weighted by Gasteiger charge is 2.47. The number of ether oxygens (including phenoxy) is 2. The van der Waals surface area contributed by atoms with E-state index in [1.165, 1.54) is 10.9 Å². The minimum Gasteiger partial charge on any atom is -0.458 e. The van der Waals surface area contributed by atoms with Crippen LogP contribution >= 0.6 is 0 Å². The number of fused-ring (bicyclic) bond motifs is 8. The van der Waals surface area contributed by atoms with Gasteiger partial charge in [0.2, 0.25) is 0 Å². The molecule has 4 heterocycles. The van der Waals surface area contributed by atoms with Crippen molar-refractivity contribution in [1.29, 1.82) is 0 Å². The smallest absolute Gasteiger partial charge is 0.256 e. The summed E-state index contributed by atoms with van der Waals surface area (Å²) < 4.78 is 14.3. The molecule has 4 aliphatic rings. The van der Waals surface area contributed by atoms with Gasteiger partial charge in [0.05, 0.1) is 11.4 Å². The molecule has 0 N–H and O–H groups in total. The van der Waals surface area contributed by atoms with Gasteiger partial charge in [-0.15, -0.1) is 0 Å². The summed E-state index contributed by atoms with van der Waals surface area (Å²) in [6, 6.07) is 95.6. The molecular weight excluding hydrogens is 902 g/mol. The van der Waals surface area contributed by atoms with Crippen LogP contribution in [0.25, 0.3) is 0 Å². The van der Waals surface area contributed by atoms with Crippen molar-refractivity contribution < 1.29 is 9.47 Å². The highest BCUT2D eigenvalue weighted by atomic mass is 16.5. The van der Waals surface area contributed by atoms with Crippen LogP contribution in [0.3, 0.4) is 0 Å². The molecule has 6 nitrogen and oxygen atoms in total. The highest BCUT2D eigenvalue weighted by molar-refractivity contribution is 7.01. The van der Waals surface area contributed by atoms with E-state index in [9.17, 15) is 0 Å². The summed E-state index contributed by atoms with van der Waals surface area (Å²) in [6.07, 6.45) is 0. The van der Waals surface area contributed by atoms with Crippen LogP contribution in [-0.4, -0.2) is 13.4 Å². The molecule has 11 aromatic carbocycles. The lowest BCUT2D eigenvalue weighted by Crippen LogP contribution is -2.63. The van der Waals surface area contributed by atoms with Crippen LogP contribution in [0.15, 0.2) is 267 Å². The van der Waals surface area contributed by atoms with Gasteiger partial charge in [-0.2, -0.15) is 0 Å². The monoisotopic (exact) mass is 946 g/mol. The fraction of sp³-hybridized carbons (Fsp3) is 0. The highest BCUT2D eigenvalue weighted by Crippen LogP contribution is 2.49. The van der Waals surface area contributed by atoms with E-state index in [4.69, 9.17) is 9.47 Å². The molecule has 0 atom stereocenters. The summed E-state index contributed by atoms with van der Waals surface area (Å²) >= 11 is 0. The summed E-state index contributed by atoms with van der Waals surface area (Å²) in [5, 5.41) is 0. The Hall–Kier alpha value is -9.65. The van der Waals surface area contributed by atoms with E-state index < -0.39 is 0 Å². The standard InChI is InChI=1S/C66H44B2N4O2/c1-7-23-45(24-8-1)69(46-25-9-2-10-26-46)51-39-59-65-63(41-51)73-61-37-21-19-35-53(61)67(65)55-44-58-56(43-57(55)71(59)49-31-15-5-16-32-49)68-54-36-20-22-38-62(54)74-64-42-52(40-60(66(64)68)72(58)50-33-17-6-18-34-50)70(47-27-11-3-12-28-47)48-29-13-4-14-30-48/h1-44H. The van der Waals surface area contributed by atoms with Gasteiger partial charge in [0, 0.05) is 69.0 Å². The van der Waals surface area contributed by atoms with Gasteiger partial charge in [-0.25, -0.2) is 0 Å². The summed E-state index contributed by atoms with van der Waals surface area (Å²) in [7, 11) is 0. The Kier molecular flexibility index (Phi) is 9.67. The molecule has 0 fully saturated rings. The van der Waals surface area contributed by atoms with Crippen LogP contribution in [0.1, 0.15) is 0 Å². The number of hydrogen-bond acceptors (Lipinski definition) is 6. The van der Waals surface area contributed by atoms with Crippen molar-refractivity contribution in [2.75, 3.05) is 19.6 Å². The second-order valence-corrected chi connectivity index (χ2v) is 19.2. The van der Waals surface area contributed by atoms with Crippen molar-refractivity contribution in [1.82, 2.24) is 0 Å². The minimum atomic E-state index is -0.157. The average Bonchev–Trinajstić information content (AvgIpc) is 3.55. The number of nitrogens with zero attached hydrogens (tertiary/aromatic N) is 4. The zero-order chi connectivity index (χ0) is 48.7. The Morgan fingerprint density at radius 1 is 0.257 bits per heavy atom. The fourth-order valence-corrected chi connectivity index (χ4v) is 12.0. The van der Waals surface area contributed by atoms with Crippen LogP contribution in [0.2, 0.25) is 0 Å². The minimum absolute atomic E-state index is 0.157. The summed E-state index contributed by atoms with van der Waals surface area (Å²) in [5.74, 6) is 3.39. The largest absolute Gasteiger partial charge is 0.458 e. The molecule has 0 bridgehead atoms. The SMILES string of the molecule is c1ccc(N(c2ccccc2)c2cc3c4c(c2)N(c2ccccc2)c2cc5c(cc2B4c2ccccc2O3)N(c2ccccc2)c2cc(N(c3ccccc3)c3ccccc3)cc3c2B5c2ccccc2O3)cc1. The number of para-hydroxylation sites is 8. The van der Waals surface area contributed by atoms with Crippen LogP contribution in [-0.2, 0) is 0 Å². The van der Waals surface area contributed by atoms with Crippen molar-refractivity contribution in [2.45, 2.75) is 0 Å². The summed E-state index contributed by atoms with van der Waals surface area (Å²) in [6.45, 7) is -0.314. The number of rotatable bonds is 8. The molecule has 0 saturated carbocycles. The molecule has 74 heavy (non-hydrogen) atoms. The molecule has 8 heteroatoms. The molecule has 0 saturated heterocycles. The predicted octanol–water partition coefficient (Wildman–Crippen LogP) is 13.4. The fourth-order valence-electron chi connectivity index (χ4n) is 12.0. The lowest BCUT2D eigenvalue weighted by Gasteiger charge is -2.45. The molecule has 4 aliphatic heterocycles. The van der Waals surface area contributed by atoms with Crippen molar-refractivity contribution in [3.8, 4) is 23.0 Å². The summed E-state index contributed by atoms with van der Waals surface area (Å²) in [5.41, 5.74) is 19.7. The molecule has 346 valence electrons. The maximum absolute atomic E-state index is 7.16. The van der Waals surface area contributed by atoms with Crippen LogP contribution in [0.5, 0.6) is 23.0 Å². The zero-order valence-electron chi connectivity index (χ0n) is 40.2. The second-order valence-electron chi connectivity index (χ2n) is 19.2. The van der Waals surface area contributed by atoms with Gasteiger partial charge in [-0.3, -0.25) is 0 Å². The molecule has 0 radical (unpaired) electrons. The first kappa shape index (κ1) is 42.1. The Bertz CT molecular complexity index is 3600. The average molecular weight is 947 g/mol. The van der Waals surface area contributed by atoms with Gasteiger partial charge < -0.3 is 29.1 Å². The normalized spacial score (nSPS) is 13.0. The van der Waals surface area contributed by atoms with Crippen molar-refractivity contribution in [2.24, 2.45) is 0 Å². The lowest BCUT2D eigenvalue weighted by atomic mass is 9.31. The molecular formula is C66H44B2N4O2. The molecule has 0 aromatic heterocycles. The first-order valence-corrected chi connectivity index (χ1v) is 25.3. The van der Waals surface area contributed by atoms with E-state index in [2.05, 4.69) is 287 Å². The predicted molar refractivity (Wildman–Crippen MR) is 308 cm³/mol. The van der Waals surface area contributed by atoms with Gasteiger partial charge in [0.25, 0.3) is 13.4 Å². The molecule has 0 amide bonds. The first-order valence-electron chi connectivity index (χ1n) is 25.3. The van der Waals surface area contributed by atoms with E-state index in [0.717, 1.165) is 113 Å². The van der Waals surface area contributed by atoms with Crippen molar-refractivity contribution in [3.05, 3.63) is 267 Å². The Balaban J connectivity index is 1.03. The topological polar surface area (TPSA) is 31.4 Å². The Morgan fingerprint density at radius 3 is 0.919 bits per heavy atom. The quantitative estimate of drug-likeness (QED) is 0.141. The Labute approximate surface area is 431 Å². The van der Waals surface area contributed by atoms with Gasteiger partial charge >= 0.3 is 0 Å². The van der Waals surface area contributed by atoms with E-state index >= 15 is 0 Å². The van der Waals surface area contributed by atoms with Crippen molar-refractivity contribution >= 4 is 114 Å². The van der Waals surface area contributed by atoms with Gasteiger partial charge in [-0.05, 0) is 142 Å². The van der Waals surface area contributed by atoms with Crippen LogP contribution in [0.4, 0.5) is 68.2 Å². The van der Waals surface area contributed by atoms with Gasteiger partial charge in [0.15, 0.2) is 0 Å². The molecule has 0 aliphatic carbocycles. The van der Waals surface area contributed by atoms with Gasteiger partial charge in [0.1, 0.15) is 23.0 Å². The van der Waals surface area contributed by atoms with Crippen LogP contribution < -0.4 is 61.9 Å². The third kappa shape index (κ3) is 6.62. The maximum atomic E-state index is 7.16. The lowest BCUT2D eigenvalue weighted by molar-refractivity contribution is 0.487. The number of benzene rings is 11. The maximum Gasteiger partial charge on any atom is 0.256 e. The van der Waals surface area contributed by atoms with E-state index in [-0.39, 0.29) is 13.4 Å². The van der Waals surface area contributed by atoms with Crippen molar-refractivity contribution in [3.63, 3.8) is 0 Å². The zero-order valence-corrected chi connectivity index (χ0v) is 40.2. The van der Waals surface area contributed by atoms with E-state index in [1.807, 2.05) is 0 Å². The third-order valence-corrected chi connectivity index (χ3v) is 15.1. The number of anilines is 12. The summed E-state index contributed by atoms with van der Waals surface area (Å²) in [4.78, 5) is 9.63. The molecule has 0 unspecified atom stereocenters. The van der Waals surface area contributed by atoms with E-state index in [0.29, 0.717) is 0 Å². The molecule has 11 aromatic rings. The van der Waals surface area contributed by atoms with Crippen LogP contribution in [0, 0.1) is 0 Å². The molecule has 0 spiro atoms. The first-order chi connectivity index (χ1) is 36.7. The van der Waals surface area contributed by atoms with E-state index in [1.54, 1.807) is 0 Å². The number of hydrogen-bond donors (Lipinski definition) is 0.